The van der Waals surface area contributed by atoms with Crippen LogP contribution in [0.25, 0.3) is 0 Å². The molecule has 0 bridgehead atoms. The molecule has 4 nitrogen and oxygen atoms in total. The molecule has 2 rings (SSSR count). The number of esters is 1. The third kappa shape index (κ3) is 3.27. The van der Waals surface area contributed by atoms with Gasteiger partial charge in [0.2, 0.25) is 5.91 Å². The number of rotatable bonds is 3. The molecule has 1 aliphatic heterocycles. The van der Waals surface area contributed by atoms with Crippen LogP contribution in [0.3, 0.4) is 0 Å². The first-order chi connectivity index (χ1) is 9.44. The van der Waals surface area contributed by atoms with Crippen LogP contribution in [0.4, 0.5) is 8.78 Å². The van der Waals surface area contributed by atoms with Crippen LogP contribution in [0.5, 0.6) is 0 Å². The molecular weight excluding hydrogens is 268 g/mol. The van der Waals surface area contributed by atoms with Gasteiger partial charge in [0, 0.05) is 13.0 Å². The van der Waals surface area contributed by atoms with Crippen molar-refractivity contribution in [3.63, 3.8) is 0 Å². The topological polar surface area (TPSA) is 46.6 Å². The zero-order chi connectivity index (χ0) is 14.8. The van der Waals surface area contributed by atoms with Gasteiger partial charge >= 0.3 is 5.97 Å². The number of likely N-dealkylation sites (tertiary alicyclic amines) is 1. The summed E-state index contributed by atoms with van der Waals surface area (Å²) in [4.78, 5) is 25.4. The Morgan fingerprint density at radius 3 is 2.60 bits per heavy atom. The van der Waals surface area contributed by atoms with Crippen LogP contribution in [-0.4, -0.2) is 42.4 Å². The van der Waals surface area contributed by atoms with Crippen LogP contribution in [0.15, 0.2) is 0 Å². The van der Waals surface area contributed by atoms with Crippen LogP contribution in [-0.2, 0) is 14.3 Å². The number of carbonyl (C=O) groups is 2. The van der Waals surface area contributed by atoms with Gasteiger partial charge in [-0.05, 0) is 26.2 Å². The molecule has 1 aliphatic carbocycles. The number of ether oxygens (including phenoxy) is 1. The molecule has 2 unspecified atom stereocenters. The number of hydrogen-bond donors (Lipinski definition) is 0. The molecule has 0 aromatic carbocycles. The lowest BCUT2D eigenvalue weighted by Crippen LogP contribution is -2.49. The molecule has 0 radical (unpaired) electrons. The standard InChI is InChI=1S/C14H21F2NO3/c1-2-20-13(19)11-6-3-5-10(11)12(18)17-8-4-7-14(15,16)9-17/h10-11H,2-9H2,1H3. The van der Waals surface area contributed by atoms with Crippen molar-refractivity contribution >= 4 is 11.9 Å². The quantitative estimate of drug-likeness (QED) is 0.748. The van der Waals surface area contributed by atoms with E-state index in [2.05, 4.69) is 0 Å². The molecule has 6 heteroatoms. The molecule has 2 fully saturated rings. The van der Waals surface area contributed by atoms with E-state index in [0.717, 1.165) is 6.42 Å². The third-order valence-corrected chi connectivity index (χ3v) is 4.13. The van der Waals surface area contributed by atoms with Gasteiger partial charge in [-0.3, -0.25) is 9.59 Å². The third-order valence-electron chi connectivity index (χ3n) is 4.13. The molecule has 0 spiro atoms. The molecule has 2 aliphatic rings. The normalized spacial score (nSPS) is 29.2. The number of halogens is 2. The van der Waals surface area contributed by atoms with E-state index in [9.17, 15) is 18.4 Å². The number of amides is 1. The van der Waals surface area contributed by atoms with Crippen molar-refractivity contribution in [1.82, 2.24) is 4.90 Å². The molecule has 114 valence electrons. The first kappa shape index (κ1) is 15.2. The molecule has 0 aromatic heterocycles. The molecule has 1 amide bonds. The smallest absolute Gasteiger partial charge is 0.309 e. The maximum absolute atomic E-state index is 13.4. The first-order valence-corrected chi connectivity index (χ1v) is 7.28. The Morgan fingerprint density at radius 1 is 1.25 bits per heavy atom. The van der Waals surface area contributed by atoms with E-state index in [0.29, 0.717) is 25.8 Å². The van der Waals surface area contributed by atoms with Crippen LogP contribution < -0.4 is 0 Å². The van der Waals surface area contributed by atoms with Gasteiger partial charge in [-0.25, -0.2) is 8.78 Å². The van der Waals surface area contributed by atoms with Gasteiger partial charge in [0.15, 0.2) is 0 Å². The lowest BCUT2D eigenvalue weighted by Gasteiger charge is -2.34. The van der Waals surface area contributed by atoms with Crippen molar-refractivity contribution in [1.29, 1.82) is 0 Å². The Hall–Kier alpha value is -1.20. The van der Waals surface area contributed by atoms with E-state index in [1.165, 1.54) is 4.90 Å². The fourth-order valence-corrected chi connectivity index (χ4v) is 3.18. The number of piperidine rings is 1. The lowest BCUT2D eigenvalue weighted by molar-refractivity contribution is -0.156. The minimum absolute atomic E-state index is 0.164. The summed E-state index contributed by atoms with van der Waals surface area (Å²) in [5.74, 6) is -4.42. The van der Waals surface area contributed by atoms with Crippen molar-refractivity contribution in [3.05, 3.63) is 0 Å². The maximum atomic E-state index is 13.4. The Balaban J connectivity index is 2.02. The largest absolute Gasteiger partial charge is 0.466 e. The van der Waals surface area contributed by atoms with Crippen LogP contribution in [0.1, 0.15) is 39.0 Å². The Labute approximate surface area is 117 Å². The monoisotopic (exact) mass is 289 g/mol. The van der Waals surface area contributed by atoms with Crippen LogP contribution >= 0.6 is 0 Å². The summed E-state index contributed by atoms with van der Waals surface area (Å²) in [6.45, 7) is 1.84. The Bertz CT molecular complexity index is 387. The molecule has 20 heavy (non-hydrogen) atoms. The molecule has 0 aromatic rings. The summed E-state index contributed by atoms with van der Waals surface area (Å²) in [6.07, 6.45) is 2.12. The highest BCUT2D eigenvalue weighted by molar-refractivity contribution is 5.86. The van der Waals surface area contributed by atoms with Crippen molar-refractivity contribution in [2.24, 2.45) is 11.8 Å². The minimum atomic E-state index is -2.80. The maximum Gasteiger partial charge on any atom is 0.309 e. The molecule has 2 atom stereocenters. The van der Waals surface area contributed by atoms with Gasteiger partial charge in [-0.15, -0.1) is 0 Å². The average molecular weight is 289 g/mol. The summed E-state index contributed by atoms with van der Waals surface area (Å²) in [5, 5.41) is 0. The molecule has 1 heterocycles. The summed E-state index contributed by atoms with van der Waals surface area (Å²) in [5.41, 5.74) is 0. The van der Waals surface area contributed by atoms with Gasteiger partial charge in [-0.2, -0.15) is 0 Å². The molecule has 0 N–H and O–H groups in total. The fourth-order valence-electron chi connectivity index (χ4n) is 3.18. The van der Waals surface area contributed by atoms with Gasteiger partial charge in [0.05, 0.1) is 25.0 Å². The lowest BCUT2D eigenvalue weighted by atomic mass is 9.93. The summed E-state index contributed by atoms with van der Waals surface area (Å²) < 4.78 is 31.8. The van der Waals surface area contributed by atoms with Crippen molar-refractivity contribution in [2.45, 2.75) is 45.0 Å². The van der Waals surface area contributed by atoms with Crippen LogP contribution in [0, 0.1) is 11.8 Å². The minimum Gasteiger partial charge on any atom is -0.466 e. The Morgan fingerprint density at radius 2 is 1.95 bits per heavy atom. The number of carbonyl (C=O) groups excluding carboxylic acids is 2. The summed E-state index contributed by atoms with van der Waals surface area (Å²) in [7, 11) is 0. The highest BCUT2D eigenvalue weighted by Crippen LogP contribution is 2.36. The van der Waals surface area contributed by atoms with E-state index >= 15 is 0 Å². The summed E-state index contributed by atoms with van der Waals surface area (Å²) in [6, 6.07) is 0. The van der Waals surface area contributed by atoms with E-state index in [1.807, 2.05) is 0 Å². The van der Waals surface area contributed by atoms with Gasteiger partial charge in [0.1, 0.15) is 0 Å². The number of alkyl halides is 2. The van der Waals surface area contributed by atoms with Crippen LogP contribution in [0.2, 0.25) is 0 Å². The fraction of sp³-hybridized carbons (Fsp3) is 0.857. The second-order valence-electron chi connectivity index (χ2n) is 5.62. The van der Waals surface area contributed by atoms with E-state index < -0.39 is 24.3 Å². The average Bonchev–Trinajstić information content (AvgIpc) is 2.86. The Kier molecular flexibility index (Phi) is 4.60. The summed E-state index contributed by atoms with van der Waals surface area (Å²) >= 11 is 0. The van der Waals surface area contributed by atoms with Gasteiger partial charge in [0.25, 0.3) is 5.92 Å². The highest BCUT2D eigenvalue weighted by Gasteiger charge is 2.44. The number of hydrogen-bond acceptors (Lipinski definition) is 3. The zero-order valence-corrected chi connectivity index (χ0v) is 11.7. The van der Waals surface area contributed by atoms with Gasteiger partial charge < -0.3 is 9.64 Å². The van der Waals surface area contributed by atoms with E-state index in [4.69, 9.17) is 4.74 Å². The SMILES string of the molecule is CCOC(=O)C1CCCC1C(=O)N1CCCC(F)(F)C1. The van der Waals surface area contributed by atoms with Crippen molar-refractivity contribution in [3.8, 4) is 0 Å². The van der Waals surface area contributed by atoms with Crippen molar-refractivity contribution < 1.29 is 23.1 Å². The molecule has 1 saturated carbocycles. The molecule has 1 saturated heterocycles. The predicted molar refractivity (Wildman–Crippen MR) is 68.2 cm³/mol. The van der Waals surface area contributed by atoms with E-state index in [1.54, 1.807) is 6.92 Å². The second-order valence-corrected chi connectivity index (χ2v) is 5.62. The predicted octanol–water partition coefficient (Wildman–Crippen LogP) is 2.22. The van der Waals surface area contributed by atoms with Crippen molar-refractivity contribution in [2.75, 3.05) is 19.7 Å². The zero-order valence-electron chi connectivity index (χ0n) is 11.7. The second kappa shape index (κ2) is 6.06. The molecular formula is C14H21F2NO3. The number of nitrogens with zero attached hydrogens (tertiary/aromatic N) is 1. The van der Waals surface area contributed by atoms with Gasteiger partial charge in [-0.1, -0.05) is 6.42 Å². The highest BCUT2D eigenvalue weighted by atomic mass is 19.3. The van der Waals surface area contributed by atoms with E-state index in [-0.39, 0.29) is 24.9 Å². The first-order valence-electron chi connectivity index (χ1n) is 7.28.